The van der Waals surface area contributed by atoms with E-state index < -0.39 is 0 Å². The molecule has 2 rings (SSSR count). The monoisotopic (exact) mass is 276 g/mol. The molecule has 2 aromatic rings. The molecule has 0 amide bonds. The smallest absolute Gasteiger partial charge is 0.138 e. The topological polar surface area (TPSA) is 42.7 Å². The van der Waals surface area contributed by atoms with Crippen LogP contribution in [0.15, 0.2) is 30.6 Å². The molecule has 1 N–H and O–H groups in total. The minimum atomic E-state index is -0.193. The Balaban J connectivity index is 2.19. The quantitative estimate of drug-likeness (QED) is 0.882. The zero-order valence-corrected chi connectivity index (χ0v) is 12.2. The summed E-state index contributed by atoms with van der Waals surface area (Å²) in [5.74, 6) is 1.18. The van der Waals surface area contributed by atoms with Gasteiger partial charge in [0.05, 0.1) is 0 Å². The standard InChI is InChI=1S/C15H21FN4/c1-11(2)9-20-15(18-10-19-20)8-14(17-3)12-6-4-5-7-13(12)16/h4-7,10-11,14,17H,8-9H2,1-3H3. The Morgan fingerprint density at radius 1 is 1.30 bits per heavy atom. The number of nitrogens with zero attached hydrogens (tertiary/aromatic N) is 3. The van der Waals surface area contributed by atoms with Crippen molar-refractivity contribution in [2.24, 2.45) is 5.92 Å². The van der Waals surface area contributed by atoms with Gasteiger partial charge >= 0.3 is 0 Å². The summed E-state index contributed by atoms with van der Waals surface area (Å²) in [4.78, 5) is 4.30. The average Bonchev–Trinajstić information content (AvgIpc) is 2.83. The number of halogens is 1. The van der Waals surface area contributed by atoms with Gasteiger partial charge in [0, 0.05) is 24.6 Å². The lowest BCUT2D eigenvalue weighted by Gasteiger charge is -2.17. The highest BCUT2D eigenvalue weighted by Gasteiger charge is 2.17. The van der Waals surface area contributed by atoms with Crippen LogP contribution < -0.4 is 5.32 Å². The van der Waals surface area contributed by atoms with Gasteiger partial charge < -0.3 is 5.32 Å². The Bertz CT molecular complexity index is 550. The fourth-order valence-corrected chi connectivity index (χ4v) is 2.25. The third kappa shape index (κ3) is 3.42. The summed E-state index contributed by atoms with van der Waals surface area (Å²) in [6, 6.07) is 6.73. The molecule has 1 aromatic heterocycles. The van der Waals surface area contributed by atoms with Gasteiger partial charge in [-0.1, -0.05) is 32.0 Å². The van der Waals surface area contributed by atoms with Gasteiger partial charge in [-0.05, 0) is 19.0 Å². The van der Waals surface area contributed by atoms with E-state index in [1.54, 1.807) is 18.5 Å². The van der Waals surface area contributed by atoms with Crippen molar-refractivity contribution in [2.45, 2.75) is 32.9 Å². The van der Waals surface area contributed by atoms with Crippen molar-refractivity contribution in [3.05, 3.63) is 47.8 Å². The molecule has 108 valence electrons. The minimum absolute atomic E-state index is 0.105. The number of benzene rings is 1. The third-order valence-electron chi connectivity index (χ3n) is 3.25. The van der Waals surface area contributed by atoms with Gasteiger partial charge in [0.2, 0.25) is 0 Å². The van der Waals surface area contributed by atoms with Gasteiger partial charge in [-0.25, -0.2) is 14.1 Å². The summed E-state index contributed by atoms with van der Waals surface area (Å²) in [6.07, 6.45) is 2.18. The Labute approximate surface area is 119 Å². The molecule has 5 heteroatoms. The second kappa shape index (κ2) is 6.61. The lowest BCUT2D eigenvalue weighted by molar-refractivity contribution is 0.447. The molecule has 0 fully saturated rings. The van der Waals surface area contributed by atoms with E-state index in [0.29, 0.717) is 17.9 Å². The number of nitrogens with one attached hydrogen (secondary N) is 1. The number of hydrogen-bond acceptors (Lipinski definition) is 3. The van der Waals surface area contributed by atoms with Crippen molar-refractivity contribution in [1.82, 2.24) is 20.1 Å². The molecule has 1 atom stereocenters. The normalized spacial score (nSPS) is 12.8. The maximum Gasteiger partial charge on any atom is 0.138 e. The SMILES string of the molecule is CNC(Cc1ncnn1CC(C)C)c1ccccc1F. The van der Waals surface area contributed by atoms with Crippen LogP contribution in [-0.4, -0.2) is 21.8 Å². The van der Waals surface area contributed by atoms with E-state index in [-0.39, 0.29) is 11.9 Å². The van der Waals surface area contributed by atoms with Crippen LogP contribution in [0.4, 0.5) is 4.39 Å². The molecule has 0 saturated carbocycles. The van der Waals surface area contributed by atoms with Crippen molar-refractivity contribution >= 4 is 0 Å². The first-order valence-electron chi connectivity index (χ1n) is 6.90. The van der Waals surface area contributed by atoms with E-state index in [0.717, 1.165) is 12.4 Å². The van der Waals surface area contributed by atoms with Crippen molar-refractivity contribution < 1.29 is 4.39 Å². The molecule has 1 heterocycles. The largest absolute Gasteiger partial charge is 0.313 e. The molecule has 20 heavy (non-hydrogen) atoms. The highest BCUT2D eigenvalue weighted by Crippen LogP contribution is 2.20. The van der Waals surface area contributed by atoms with Crippen LogP contribution in [0.2, 0.25) is 0 Å². The van der Waals surface area contributed by atoms with Crippen molar-refractivity contribution in [3.8, 4) is 0 Å². The molecule has 0 aliphatic heterocycles. The molecule has 0 radical (unpaired) electrons. The summed E-state index contributed by atoms with van der Waals surface area (Å²) in [5.41, 5.74) is 0.661. The van der Waals surface area contributed by atoms with Gasteiger partial charge in [0.15, 0.2) is 0 Å². The number of hydrogen-bond donors (Lipinski definition) is 1. The summed E-state index contributed by atoms with van der Waals surface area (Å²) in [5, 5.41) is 7.40. The molecule has 0 bridgehead atoms. The van der Waals surface area contributed by atoms with Gasteiger partial charge in [0.1, 0.15) is 18.0 Å². The first kappa shape index (κ1) is 14.7. The molecule has 1 unspecified atom stereocenters. The first-order chi connectivity index (χ1) is 9.61. The van der Waals surface area contributed by atoms with Crippen LogP contribution in [0, 0.1) is 11.7 Å². The summed E-state index contributed by atoms with van der Waals surface area (Å²) in [7, 11) is 1.83. The molecular weight excluding hydrogens is 255 g/mol. The van der Waals surface area contributed by atoms with Crippen LogP contribution in [0.1, 0.15) is 31.3 Å². The summed E-state index contributed by atoms with van der Waals surface area (Å²) >= 11 is 0. The fourth-order valence-electron chi connectivity index (χ4n) is 2.25. The van der Waals surface area contributed by atoms with E-state index in [9.17, 15) is 4.39 Å². The molecular formula is C15H21FN4. The zero-order chi connectivity index (χ0) is 14.5. The van der Waals surface area contributed by atoms with Gasteiger partial charge in [0.25, 0.3) is 0 Å². The Morgan fingerprint density at radius 3 is 2.70 bits per heavy atom. The Morgan fingerprint density at radius 2 is 2.05 bits per heavy atom. The molecule has 0 aliphatic carbocycles. The van der Waals surface area contributed by atoms with E-state index >= 15 is 0 Å². The fraction of sp³-hybridized carbons (Fsp3) is 0.467. The van der Waals surface area contributed by atoms with E-state index in [1.165, 1.54) is 6.07 Å². The van der Waals surface area contributed by atoms with Crippen LogP contribution >= 0.6 is 0 Å². The number of likely N-dealkylation sites (N-methyl/N-ethyl adjacent to an activating group) is 1. The van der Waals surface area contributed by atoms with Crippen molar-refractivity contribution in [3.63, 3.8) is 0 Å². The predicted octanol–water partition coefficient (Wildman–Crippen LogP) is 2.58. The lowest BCUT2D eigenvalue weighted by Crippen LogP contribution is -2.22. The summed E-state index contributed by atoms with van der Waals surface area (Å²) in [6.45, 7) is 5.10. The van der Waals surface area contributed by atoms with E-state index in [2.05, 4.69) is 29.2 Å². The predicted molar refractivity (Wildman–Crippen MR) is 76.8 cm³/mol. The third-order valence-corrected chi connectivity index (χ3v) is 3.25. The Hall–Kier alpha value is -1.75. The minimum Gasteiger partial charge on any atom is -0.313 e. The van der Waals surface area contributed by atoms with Crippen molar-refractivity contribution in [1.29, 1.82) is 0 Å². The van der Waals surface area contributed by atoms with Crippen LogP contribution in [0.5, 0.6) is 0 Å². The molecule has 0 aliphatic rings. The van der Waals surface area contributed by atoms with Crippen LogP contribution in [0.3, 0.4) is 0 Å². The number of rotatable bonds is 6. The van der Waals surface area contributed by atoms with E-state index in [4.69, 9.17) is 0 Å². The molecule has 0 spiro atoms. The van der Waals surface area contributed by atoms with Crippen LogP contribution in [-0.2, 0) is 13.0 Å². The lowest BCUT2D eigenvalue weighted by atomic mass is 10.0. The average molecular weight is 276 g/mol. The highest BCUT2D eigenvalue weighted by molar-refractivity contribution is 5.22. The Kier molecular flexibility index (Phi) is 4.84. The zero-order valence-electron chi connectivity index (χ0n) is 12.2. The maximum absolute atomic E-state index is 13.9. The highest BCUT2D eigenvalue weighted by atomic mass is 19.1. The second-order valence-electron chi connectivity index (χ2n) is 5.32. The van der Waals surface area contributed by atoms with Gasteiger partial charge in [-0.3, -0.25) is 0 Å². The summed E-state index contributed by atoms with van der Waals surface area (Å²) < 4.78 is 15.8. The molecule has 4 nitrogen and oxygen atoms in total. The van der Waals surface area contributed by atoms with E-state index in [1.807, 2.05) is 17.8 Å². The number of aromatic nitrogens is 3. The van der Waals surface area contributed by atoms with Gasteiger partial charge in [-0.2, -0.15) is 5.10 Å². The van der Waals surface area contributed by atoms with Crippen LogP contribution in [0.25, 0.3) is 0 Å². The first-order valence-corrected chi connectivity index (χ1v) is 6.90. The van der Waals surface area contributed by atoms with Crippen molar-refractivity contribution in [2.75, 3.05) is 7.05 Å². The van der Waals surface area contributed by atoms with Gasteiger partial charge in [-0.15, -0.1) is 0 Å². The second-order valence-corrected chi connectivity index (χ2v) is 5.32. The molecule has 0 saturated heterocycles. The maximum atomic E-state index is 13.9. The molecule has 1 aromatic carbocycles.